The van der Waals surface area contributed by atoms with Crippen LogP contribution >= 0.6 is 11.3 Å². The van der Waals surface area contributed by atoms with E-state index in [1.54, 1.807) is 18.4 Å². The molecular formula is C12H19NO2S. The molecule has 0 spiro atoms. The highest BCUT2D eigenvalue weighted by Gasteiger charge is 2.14. The molecule has 0 bridgehead atoms. The summed E-state index contributed by atoms with van der Waals surface area (Å²) in [5, 5.41) is 0. The van der Waals surface area contributed by atoms with Crippen molar-refractivity contribution in [3.63, 3.8) is 0 Å². The lowest BCUT2D eigenvalue weighted by molar-refractivity contribution is -0.120. The smallest absolute Gasteiger partial charge is 0.154 e. The molecule has 0 saturated carbocycles. The largest absolute Gasteiger partial charge is 0.385 e. The van der Waals surface area contributed by atoms with E-state index in [2.05, 4.69) is 13.0 Å². The van der Waals surface area contributed by atoms with E-state index in [9.17, 15) is 4.79 Å². The second kappa shape index (κ2) is 6.78. The van der Waals surface area contributed by atoms with Crippen LogP contribution in [0, 0.1) is 0 Å². The van der Waals surface area contributed by atoms with Crippen LogP contribution in [0.1, 0.15) is 23.1 Å². The second-order valence-electron chi connectivity index (χ2n) is 3.75. The fourth-order valence-electron chi connectivity index (χ4n) is 1.42. The van der Waals surface area contributed by atoms with Crippen LogP contribution in [0.5, 0.6) is 0 Å². The minimum absolute atomic E-state index is 0.0987. The minimum Gasteiger partial charge on any atom is -0.385 e. The molecule has 1 heterocycles. The van der Waals surface area contributed by atoms with Crippen LogP contribution in [0.3, 0.4) is 0 Å². The molecule has 0 saturated heterocycles. The van der Waals surface area contributed by atoms with Crippen molar-refractivity contribution in [1.29, 1.82) is 0 Å². The molecule has 90 valence electrons. The summed E-state index contributed by atoms with van der Waals surface area (Å²) in [7, 11) is 1.62. The maximum absolute atomic E-state index is 11.7. The monoisotopic (exact) mass is 241 g/mol. The minimum atomic E-state index is -0.396. The van der Waals surface area contributed by atoms with E-state index in [0.29, 0.717) is 19.4 Å². The molecule has 1 atom stereocenters. The first-order valence-electron chi connectivity index (χ1n) is 5.52. The zero-order valence-electron chi connectivity index (χ0n) is 9.86. The molecule has 0 aliphatic heterocycles. The Labute approximate surface area is 101 Å². The van der Waals surface area contributed by atoms with Gasteiger partial charge in [0, 0.05) is 29.9 Å². The van der Waals surface area contributed by atoms with E-state index in [0.717, 1.165) is 11.3 Å². The third kappa shape index (κ3) is 4.04. The van der Waals surface area contributed by atoms with Crippen molar-refractivity contribution in [2.45, 2.75) is 32.2 Å². The van der Waals surface area contributed by atoms with Gasteiger partial charge >= 0.3 is 0 Å². The topological polar surface area (TPSA) is 52.3 Å². The molecule has 2 N–H and O–H groups in total. The third-order valence-electron chi connectivity index (χ3n) is 2.46. The quantitative estimate of drug-likeness (QED) is 0.791. The van der Waals surface area contributed by atoms with E-state index in [1.165, 1.54) is 4.88 Å². The molecule has 4 heteroatoms. The zero-order chi connectivity index (χ0) is 12.0. The van der Waals surface area contributed by atoms with E-state index >= 15 is 0 Å². The van der Waals surface area contributed by atoms with Gasteiger partial charge in [-0.25, -0.2) is 0 Å². The first-order valence-corrected chi connectivity index (χ1v) is 6.33. The Kier molecular flexibility index (Phi) is 5.66. The van der Waals surface area contributed by atoms with Crippen LogP contribution in [-0.2, 0) is 22.4 Å². The first kappa shape index (κ1) is 13.4. The van der Waals surface area contributed by atoms with Gasteiger partial charge in [-0.3, -0.25) is 4.79 Å². The number of hydrogen-bond donors (Lipinski definition) is 1. The highest BCUT2D eigenvalue weighted by molar-refractivity contribution is 7.12. The summed E-state index contributed by atoms with van der Waals surface area (Å²) in [6, 6.07) is 3.70. The maximum Gasteiger partial charge on any atom is 0.154 e. The fraction of sp³-hybridized carbons (Fsp3) is 0.583. The standard InChI is InChI=1S/C12H19NO2S/c1-3-9-4-5-10(16-9)8-12(14)11(13)6-7-15-2/h4-5,11H,3,6-8,13H2,1-2H3. The molecule has 1 aromatic heterocycles. The summed E-state index contributed by atoms with van der Waals surface area (Å²) in [5.74, 6) is 0.0987. The van der Waals surface area contributed by atoms with Crippen molar-refractivity contribution in [2.24, 2.45) is 5.73 Å². The Balaban J connectivity index is 2.44. The number of Topliss-reactive ketones (excluding diaryl/α,β-unsaturated/α-hetero) is 1. The average Bonchev–Trinajstić information content (AvgIpc) is 2.73. The molecule has 0 aromatic carbocycles. The first-order chi connectivity index (χ1) is 7.67. The van der Waals surface area contributed by atoms with Crippen molar-refractivity contribution in [2.75, 3.05) is 13.7 Å². The second-order valence-corrected chi connectivity index (χ2v) is 5.01. The third-order valence-corrected chi connectivity index (χ3v) is 3.69. The summed E-state index contributed by atoms with van der Waals surface area (Å²) < 4.78 is 4.90. The Bertz CT molecular complexity index is 336. The number of ketones is 1. The molecule has 0 radical (unpaired) electrons. The number of thiophene rings is 1. The highest BCUT2D eigenvalue weighted by atomic mass is 32.1. The lowest BCUT2D eigenvalue weighted by atomic mass is 10.1. The summed E-state index contributed by atoms with van der Waals surface area (Å²) in [4.78, 5) is 14.2. The molecule has 0 amide bonds. The van der Waals surface area contributed by atoms with Gasteiger partial charge < -0.3 is 10.5 Å². The van der Waals surface area contributed by atoms with Crippen molar-refractivity contribution in [3.8, 4) is 0 Å². The van der Waals surface area contributed by atoms with Gasteiger partial charge in [-0.1, -0.05) is 6.92 Å². The predicted octanol–water partition coefficient (Wildman–Crippen LogP) is 1.79. The lowest BCUT2D eigenvalue weighted by Gasteiger charge is -2.08. The van der Waals surface area contributed by atoms with Crippen molar-refractivity contribution >= 4 is 17.1 Å². The van der Waals surface area contributed by atoms with Crippen LogP contribution in [0.2, 0.25) is 0 Å². The van der Waals surface area contributed by atoms with Gasteiger partial charge in [0.2, 0.25) is 0 Å². The number of hydrogen-bond acceptors (Lipinski definition) is 4. The predicted molar refractivity (Wildman–Crippen MR) is 66.9 cm³/mol. The Morgan fingerprint density at radius 3 is 2.75 bits per heavy atom. The number of aryl methyl sites for hydroxylation is 1. The molecule has 3 nitrogen and oxygen atoms in total. The van der Waals surface area contributed by atoms with E-state index < -0.39 is 6.04 Å². The van der Waals surface area contributed by atoms with Crippen molar-refractivity contribution in [3.05, 3.63) is 21.9 Å². The van der Waals surface area contributed by atoms with Crippen LogP contribution in [-0.4, -0.2) is 25.5 Å². The van der Waals surface area contributed by atoms with Crippen LogP contribution in [0.25, 0.3) is 0 Å². The van der Waals surface area contributed by atoms with Crippen molar-refractivity contribution in [1.82, 2.24) is 0 Å². The Hall–Kier alpha value is -0.710. The Morgan fingerprint density at radius 1 is 1.50 bits per heavy atom. The molecular weight excluding hydrogens is 222 g/mol. The van der Waals surface area contributed by atoms with E-state index in [-0.39, 0.29) is 5.78 Å². The molecule has 1 unspecified atom stereocenters. The normalized spacial score (nSPS) is 12.7. The highest BCUT2D eigenvalue weighted by Crippen LogP contribution is 2.18. The van der Waals surface area contributed by atoms with Gasteiger partial charge in [0.05, 0.1) is 6.04 Å². The van der Waals surface area contributed by atoms with Crippen LogP contribution in [0.4, 0.5) is 0 Å². The van der Waals surface area contributed by atoms with Crippen LogP contribution in [0.15, 0.2) is 12.1 Å². The van der Waals surface area contributed by atoms with Crippen LogP contribution < -0.4 is 5.73 Å². The van der Waals surface area contributed by atoms with Crippen molar-refractivity contribution < 1.29 is 9.53 Å². The fourth-order valence-corrected chi connectivity index (χ4v) is 2.38. The van der Waals surface area contributed by atoms with Gasteiger partial charge in [-0.2, -0.15) is 0 Å². The summed E-state index contributed by atoms with van der Waals surface area (Å²) >= 11 is 1.69. The Morgan fingerprint density at radius 2 is 2.19 bits per heavy atom. The average molecular weight is 241 g/mol. The summed E-state index contributed by atoms with van der Waals surface area (Å²) in [5.41, 5.74) is 5.77. The van der Waals surface area contributed by atoms with E-state index in [1.807, 2.05) is 6.07 Å². The molecule has 0 aliphatic carbocycles. The van der Waals surface area contributed by atoms with Gasteiger partial charge in [0.25, 0.3) is 0 Å². The lowest BCUT2D eigenvalue weighted by Crippen LogP contribution is -2.32. The van der Waals surface area contributed by atoms with Gasteiger partial charge in [0.1, 0.15) is 0 Å². The molecule has 16 heavy (non-hydrogen) atoms. The van der Waals surface area contributed by atoms with Gasteiger partial charge in [0.15, 0.2) is 5.78 Å². The zero-order valence-corrected chi connectivity index (χ0v) is 10.7. The molecule has 0 fully saturated rings. The van der Waals surface area contributed by atoms with Gasteiger partial charge in [-0.05, 0) is 25.0 Å². The summed E-state index contributed by atoms with van der Waals surface area (Å²) in [6.07, 6.45) is 2.07. The number of nitrogens with two attached hydrogens (primary N) is 1. The number of carbonyl (C=O) groups excluding carboxylic acids is 1. The van der Waals surface area contributed by atoms with E-state index in [4.69, 9.17) is 10.5 Å². The maximum atomic E-state index is 11.7. The number of ether oxygens (including phenoxy) is 1. The number of rotatable bonds is 7. The molecule has 1 aromatic rings. The number of carbonyl (C=O) groups is 1. The molecule has 0 aliphatic rings. The molecule has 1 rings (SSSR count). The van der Waals surface area contributed by atoms with Gasteiger partial charge in [-0.15, -0.1) is 11.3 Å². The number of methoxy groups -OCH3 is 1. The SMILES string of the molecule is CCc1ccc(CC(=O)C(N)CCOC)s1. The summed E-state index contributed by atoms with van der Waals surface area (Å²) in [6.45, 7) is 2.65.